The van der Waals surface area contributed by atoms with Gasteiger partial charge in [0.15, 0.2) is 0 Å². The van der Waals surface area contributed by atoms with Crippen molar-refractivity contribution in [3.8, 4) is 0 Å². The molecule has 4 aromatic rings. The molecule has 0 aliphatic heterocycles. The van der Waals surface area contributed by atoms with Gasteiger partial charge in [0.05, 0.1) is 5.25 Å². The Bertz CT molecular complexity index is 1620. The quantitative estimate of drug-likeness (QED) is 0.116. The van der Waals surface area contributed by atoms with Gasteiger partial charge in [0.2, 0.25) is 11.8 Å². The normalized spacial score (nSPS) is 11.7. The van der Waals surface area contributed by atoms with Crippen LogP contribution in [0.3, 0.4) is 0 Å². The Labute approximate surface area is 258 Å². The molecule has 0 radical (unpaired) electrons. The topological polar surface area (TPSA) is 116 Å². The lowest BCUT2D eigenvalue weighted by Crippen LogP contribution is -2.30. The molecule has 4 N–H and O–H groups in total. The van der Waals surface area contributed by atoms with Crippen molar-refractivity contribution >= 4 is 70.1 Å². The molecule has 4 aromatic carbocycles. The van der Waals surface area contributed by atoms with E-state index in [-0.39, 0.29) is 17.5 Å². The molecule has 1 atom stereocenters. The molecule has 4 rings (SSSR count). The van der Waals surface area contributed by atoms with Crippen molar-refractivity contribution in [1.29, 1.82) is 0 Å². The second-order valence-corrected chi connectivity index (χ2v) is 11.3. The predicted molar refractivity (Wildman–Crippen MR) is 173 cm³/mol. The van der Waals surface area contributed by atoms with Crippen LogP contribution in [0, 0.1) is 0 Å². The minimum Gasteiger partial charge on any atom is -0.326 e. The summed E-state index contributed by atoms with van der Waals surface area (Å²) in [4.78, 5) is 50.8. The van der Waals surface area contributed by atoms with E-state index in [0.29, 0.717) is 33.2 Å². The Morgan fingerprint density at radius 3 is 1.88 bits per heavy atom. The van der Waals surface area contributed by atoms with Crippen LogP contribution in [0.4, 0.5) is 17.1 Å². The fourth-order valence-corrected chi connectivity index (χ4v) is 4.82. The Morgan fingerprint density at radius 2 is 1.28 bits per heavy atom. The number of carbonyl (C=O) groups is 4. The van der Waals surface area contributed by atoms with Gasteiger partial charge >= 0.3 is 0 Å². The summed E-state index contributed by atoms with van der Waals surface area (Å²) in [5.74, 6) is -1.27. The molecule has 0 aromatic heterocycles. The minimum absolute atomic E-state index is 0.0602. The molecule has 218 valence electrons. The summed E-state index contributed by atoms with van der Waals surface area (Å²) >= 11 is 7.36. The molecular formula is C33H29ClN4O4S. The first kappa shape index (κ1) is 31.1. The maximum Gasteiger partial charge on any atom is 0.272 e. The molecule has 0 aliphatic rings. The summed E-state index contributed by atoms with van der Waals surface area (Å²) in [6.45, 7) is 3.23. The number of hydrogen-bond acceptors (Lipinski definition) is 5. The summed E-state index contributed by atoms with van der Waals surface area (Å²) in [7, 11) is 0. The molecule has 0 aliphatic carbocycles. The molecule has 10 heteroatoms. The van der Waals surface area contributed by atoms with Crippen LogP contribution >= 0.6 is 23.4 Å². The largest absolute Gasteiger partial charge is 0.326 e. The summed E-state index contributed by atoms with van der Waals surface area (Å²) in [5, 5.41) is 11.2. The highest BCUT2D eigenvalue weighted by molar-refractivity contribution is 8.00. The zero-order valence-electron chi connectivity index (χ0n) is 23.4. The van der Waals surface area contributed by atoms with Gasteiger partial charge in [-0.2, -0.15) is 0 Å². The summed E-state index contributed by atoms with van der Waals surface area (Å²) in [6.07, 6.45) is 1.57. The van der Waals surface area contributed by atoms with Gasteiger partial charge in [-0.15, -0.1) is 11.8 Å². The molecule has 0 saturated carbocycles. The maximum absolute atomic E-state index is 13.3. The number of hydrogen-bond donors (Lipinski definition) is 4. The first-order valence-corrected chi connectivity index (χ1v) is 14.5. The number of thioether (sulfide) groups is 1. The average Bonchev–Trinajstić information content (AvgIpc) is 3.00. The van der Waals surface area contributed by atoms with Crippen LogP contribution in [0.2, 0.25) is 5.02 Å². The number of amides is 4. The molecule has 0 spiro atoms. The van der Waals surface area contributed by atoms with Crippen LogP contribution in [0.1, 0.15) is 29.8 Å². The van der Waals surface area contributed by atoms with Gasteiger partial charge < -0.3 is 21.3 Å². The van der Waals surface area contributed by atoms with E-state index in [1.807, 2.05) is 0 Å². The SMILES string of the molecule is CC(=O)Nc1ccc(NC(=O)C(C)Sc2ccc(NC(=O)/C(=C/c3ccc(Cl)cc3)NC(=O)c3ccccc3)cc2)cc1. The van der Waals surface area contributed by atoms with Crippen molar-refractivity contribution in [2.75, 3.05) is 16.0 Å². The lowest BCUT2D eigenvalue weighted by atomic mass is 10.1. The highest BCUT2D eigenvalue weighted by atomic mass is 35.5. The lowest BCUT2D eigenvalue weighted by molar-refractivity contribution is -0.115. The molecule has 0 fully saturated rings. The van der Waals surface area contributed by atoms with Crippen molar-refractivity contribution in [1.82, 2.24) is 5.32 Å². The minimum atomic E-state index is -0.503. The highest BCUT2D eigenvalue weighted by Gasteiger charge is 2.17. The van der Waals surface area contributed by atoms with Gasteiger partial charge in [0.1, 0.15) is 5.70 Å². The third-order valence-corrected chi connectivity index (χ3v) is 7.34. The van der Waals surface area contributed by atoms with E-state index < -0.39 is 17.1 Å². The summed E-state index contributed by atoms with van der Waals surface area (Å²) < 4.78 is 0. The Kier molecular flexibility index (Phi) is 10.7. The number of benzene rings is 4. The first-order chi connectivity index (χ1) is 20.7. The second-order valence-electron chi connectivity index (χ2n) is 9.42. The number of carbonyl (C=O) groups excluding carboxylic acids is 4. The number of anilines is 3. The van der Waals surface area contributed by atoms with Gasteiger partial charge in [-0.1, -0.05) is 41.9 Å². The van der Waals surface area contributed by atoms with E-state index in [4.69, 9.17) is 11.6 Å². The second kappa shape index (κ2) is 14.9. The van der Waals surface area contributed by atoms with Crippen molar-refractivity contribution in [3.05, 3.63) is 125 Å². The van der Waals surface area contributed by atoms with Gasteiger partial charge in [-0.3, -0.25) is 19.2 Å². The molecule has 0 saturated heterocycles. The number of rotatable bonds is 10. The Balaban J connectivity index is 1.39. The van der Waals surface area contributed by atoms with Crippen LogP contribution in [0.5, 0.6) is 0 Å². The van der Waals surface area contributed by atoms with Crippen LogP contribution in [0.15, 0.2) is 114 Å². The average molecular weight is 613 g/mol. The predicted octanol–water partition coefficient (Wildman–Crippen LogP) is 6.83. The van der Waals surface area contributed by atoms with Crippen LogP contribution in [-0.4, -0.2) is 28.9 Å². The van der Waals surface area contributed by atoms with E-state index in [2.05, 4.69) is 21.3 Å². The van der Waals surface area contributed by atoms with E-state index in [1.165, 1.54) is 18.7 Å². The van der Waals surface area contributed by atoms with Crippen molar-refractivity contribution in [2.24, 2.45) is 0 Å². The van der Waals surface area contributed by atoms with Crippen molar-refractivity contribution in [3.63, 3.8) is 0 Å². The Morgan fingerprint density at radius 1 is 0.721 bits per heavy atom. The first-order valence-electron chi connectivity index (χ1n) is 13.3. The zero-order valence-corrected chi connectivity index (χ0v) is 25.0. The summed E-state index contributed by atoms with van der Waals surface area (Å²) in [5.41, 5.74) is 2.94. The lowest BCUT2D eigenvalue weighted by Gasteiger charge is -2.14. The Hall–Kier alpha value is -4.86. The van der Waals surface area contributed by atoms with Crippen molar-refractivity contribution < 1.29 is 19.2 Å². The van der Waals surface area contributed by atoms with Crippen LogP contribution in [0.25, 0.3) is 6.08 Å². The van der Waals surface area contributed by atoms with E-state index in [0.717, 1.165) is 4.90 Å². The molecule has 0 heterocycles. The van der Waals surface area contributed by atoms with Crippen LogP contribution in [-0.2, 0) is 14.4 Å². The number of halogens is 1. The van der Waals surface area contributed by atoms with Gasteiger partial charge in [0, 0.05) is 39.5 Å². The van der Waals surface area contributed by atoms with E-state index in [9.17, 15) is 19.2 Å². The fraction of sp³-hybridized carbons (Fsp3) is 0.0909. The van der Waals surface area contributed by atoms with Gasteiger partial charge in [-0.05, 0) is 91.4 Å². The van der Waals surface area contributed by atoms with Crippen LogP contribution < -0.4 is 21.3 Å². The third kappa shape index (κ3) is 9.59. The molecule has 8 nitrogen and oxygen atoms in total. The molecular weight excluding hydrogens is 584 g/mol. The molecule has 1 unspecified atom stereocenters. The summed E-state index contributed by atoms with van der Waals surface area (Å²) in [6, 6.07) is 29.4. The van der Waals surface area contributed by atoms with E-state index >= 15 is 0 Å². The maximum atomic E-state index is 13.3. The highest BCUT2D eigenvalue weighted by Crippen LogP contribution is 2.26. The van der Waals surface area contributed by atoms with Crippen molar-refractivity contribution in [2.45, 2.75) is 24.0 Å². The molecule has 4 amide bonds. The van der Waals surface area contributed by atoms with E-state index in [1.54, 1.807) is 116 Å². The fourth-order valence-electron chi connectivity index (χ4n) is 3.83. The van der Waals surface area contributed by atoms with Gasteiger partial charge in [0.25, 0.3) is 11.8 Å². The smallest absolute Gasteiger partial charge is 0.272 e. The standard InChI is InChI=1S/C33H29ClN4O4S/c1-21(31(40)36-27-14-12-26(13-15-27)35-22(2)39)43-29-18-16-28(17-19-29)37-33(42)30(20-23-8-10-25(34)11-9-23)38-32(41)24-6-4-3-5-7-24/h3-21H,1-2H3,(H,35,39)(H,36,40)(H,37,42)(H,38,41)/b30-20-. The zero-order chi connectivity index (χ0) is 30.8. The third-order valence-electron chi connectivity index (χ3n) is 5.98. The molecule has 0 bridgehead atoms. The molecule has 43 heavy (non-hydrogen) atoms. The monoisotopic (exact) mass is 612 g/mol. The number of nitrogens with one attached hydrogen (secondary N) is 4. The van der Waals surface area contributed by atoms with Gasteiger partial charge in [-0.25, -0.2) is 0 Å².